The number of thiazole rings is 1. The van der Waals surface area contributed by atoms with E-state index in [0.29, 0.717) is 0 Å². The van der Waals surface area contributed by atoms with Gasteiger partial charge in [-0.1, -0.05) is 6.92 Å². The second-order valence-electron chi connectivity index (χ2n) is 3.66. The lowest BCUT2D eigenvalue weighted by molar-refractivity contribution is 1.11. The lowest BCUT2D eigenvalue weighted by Gasteiger charge is -2.06. The fraction of sp³-hybridized carbons (Fsp3) is 0.308. The molecule has 2 aromatic rings. The zero-order chi connectivity index (χ0) is 11.0. The SMILES string of the molecule is C#Cc1nc2c(CC)c(C)c(C)cc2s1. The molecule has 0 unspecified atom stereocenters. The van der Waals surface area contributed by atoms with Gasteiger partial charge in [-0.2, -0.15) is 0 Å². The van der Waals surface area contributed by atoms with Gasteiger partial charge in [0.25, 0.3) is 0 Å². The summed E-state index contributed by atoms with van der Waals surface area (Å²) in [6.45, 7) is 6.46. The maximum Gasteiger partial charge on any atom is 0.167 e. The van der Waals surface area contributed by atoms with Crippen molar-refractivity contribution in [3.05, 3.63) is 27.8 Å². The van der Waals surface area contributed by atoms with Crippen molar-refractivity contribution in [2.45, 2.75) is 27.2 Å². The quantitative estimate of drug-likeness (QED) is 0.664. The number of benzene rings is 1. The van der Waals surface area contributed by atoms with Crippen LogP contribution >= 0.6 is 11.3 Å². The first-order valence-corrected chi connectivity index (χ1v) is 5.85. The molecular weight excluding hydrogens is 202 g/mol. The summed E-state index contributed by atoms with van der Waals surface area (Å²) >= 11 is 1.60. The predicted octanol–water partition coefficient (Wildman–Crippen LogP) is 3.46. The molecule has 1 heterocycles. The summed E-state index contributed by atoms with van der Waals surface area (Å²) in [6.07, 6.45) is 6.39. The van der Waals surface area contributed by atoms with E-state index >= 15 is 0 Å². The van der Waals surface area contributed by atoms with E-state index < -0.39 is 0 Å². The van der Waals surface area contributed by atoms with Gasteiger partial charge in [-0.3, -0.25) is 0 Å². The van der Waals surface area contributed by atoms with Crippen LogP contribution in [-0.4, -0.2) is 4.98 Å². The van der Waals surface area contributed by atoms with Gasteiger partial charge in [0.1, 0.15) is 0 Å². The van der Waals surface area contributed by atoms with E-state index in [0.717, 1.165) is 16.9 Å². The van der Waals surface area contributed by atoms with E-state index in [4.69, 9.17) is 6.42 Å². The van der Waals surface area contributed by atoms with Gasteiger partial charge in [0.2, 0.25) is 0 Å². The maximum atomic E-state index is 5.38. The van der Waals surface area contributed by atoms with Gasteiger partial charge in [0, 0.05) is 0 Å². The van der Waals surface area contributed by atoms with E-state index in [1.165, 1.54) is 21.4 Å². The van der Waals surface area contributed by atoms with Crippen molar-refractivity contribution >= 4 is 21.6 Å². The second-order valence-corrected chi connectivity index (χ2v) is 4.69. The summed E-state index contributed by atoms with van der Waals surface area (Å²) in [5.74, 6) is 2.61. The molecular formula is C13H13NS. The van der Waals surface area contributed by atoms with Crippen LogP contribution in [0.2, 0.25) is 0 Å². The molecule has 76 valence electrons. The summed E-state index contributed by atoms with van der Waals surface area (Å²) in [5.41, 5.74) is 5.10. The third-order valence-electron chi connectivity index (χ3n) is 2.81. The molecule has 0 aliphatic carbocycles. The number of aryl methyl sites for hydroxylation is 2. The fourth-order valence-corrected chi connectivity index (χ4v) is 2.77. The van der Waals surface area contributed by atoms with Crippen molar-refractivity contribution in [3.8, 4) is 12.3 Å². The van der Waals surface area contributed by atoms with Gasteiger partial charge >= 0.3 is 0 Å². The molecule has 0 amide bonds. The Hall–Kier alpha value is -1.33. The zero-order valence-electron chi connectivity index (χ0n) is 9.22. The topological polar surface area (TPSA) is 12.9 Å². The lowest BCUT2D eigenvalue weighted by atomic mass is 10.0. The lowest BCUT2D eigenvalue weighted by Crippen LogP contribution is -1.92. The Morgan fingerprint density at radius 1 is 1.47 bits per heavy atom. The fourth-order valence-electron chi connectivity index (χ4n) is 1.86. The third-order valence-corrected chi connectivity index (χ3v) is 3.74. The molecule has 0 aliphatic heterocycles. The molecule has 1 aromatic heterocycles. The molecule has 0 spiro atoms. The Bertz CT molecular complexity index is 558. The van der Waals surface area contributed by atoms with Crippen LogP contribution in [0.5, 0.6) is 0 Å². The van der Waals surface area contributed by atoms with Crippen LogP contribution in [-0.2, 0) is 6.42 Å². The Morgan fingerprint density at radius 2 is 2.20 bits per heavy atom. The number of nitrogens with zero attached hydrogens (tertiary/aromatic N) is 1. The number of hydrogen-bond donors (Lipinski definition) is 0. The Kier molecular flexibility index (Phi) is 2.50. The van der Waals surface area contributed by atoms with E-state index in [2.05, 4.69) is 37.7 Å². The highest BCUT2D eigenvalue weighted by Crippen LogP contribution is 2.29. The monoisotopic (exact) mass is 215 g/mol. The van der Waals surface area contributed by atoms with Crippen molar-refractivity contribution in [2.24, 2.45) is 0 Å². The molecule has 0 fully saturated rings. The molecule has 0 bridgehead atoms. The normalized spacial score (nSPS) is 10.5. The molecule has 0 aliphatic rings. The summed E-state index contributed by atoms with van der Waals surface area (Å²) in [7, 11) is 0. The van der Waals surface area contributed by atoms with Gasteiger partial charge in [0.05, 0.1) is 10.2 Å². The molecule has 0 N–H and O–H groups in total. The van der Waals surface area contributed by atoms with Crippen LogP contribution in [0.3, 0.4) is 0 Å². The minimum atomic E-state index is 0.782. The third kappa shape index (κ3) is 1.53. The Balaban J connectivity index is 2.86. The van der Waals surface area contributed by atoms with E-state index in [-0.39, 0.29) is 0 Å². The molecule has 1 nitrogen and oxygen atoms in total. The van der Waals surface area contributed by atoms with Crippen LogP contribution in [0, 0.1) is 26.2 Å². The molecule has 15 heavy (non-hydrogen) atoms. The van der Waals surface area contributed by atoms with Gasteiger partial charge in [-0.15, -0.1) is 17.8 Å². The van der Waals surface area contributed by atoms with E-state index in [1.54, 1.807) is 11.3 Å². The largest absolute Gasteiger partial charge is 0.227 e. The number of fused-ring (bicyclic) bond motifs is 1. The van der Waals surface area contributed by atoms with Crippen LogP contribution in [0.1, 0.15) is 28.6 Å². The average Bonchev–Trinajstić information content (AvgIpc) is 2.62. The first kappa shape index (κ1) is 10.2. The first-order valence-electron chi connectivity index (χ1n) is 5.03. The molecule has 2 heteroatoms. The van der Waals surface area contributed by atoms with Crippen molar-refractivity contribution in [3.63, 3.8) is 0 Å². The highest BCUT2D eigenvalue weighted by atomic mass is 32.1. The summed E-state index contributed by atoms with van der Waals surface area (Å²) in [6, 6.07) is 2.18. The molecule has 0 saturated carbocycles. The molecule has 1 aromatic carbocycles. The van der Waals surface area contributed by atoms with Crippen LogP contribution in [0.4, 0.5) is 0 Å². The predicted molar refractivity (Wildman–Crippen MR) is 66.4 cm³/mol. The van der Waals surface area contributed by atoms with Gasteiger partial charge in [-0.05, 0) is 48.9 Å². The van der Waals surface area contributed by atoms with E-state index in [1.807, 2.05) is 0 Å². The average molecular weight is 215 g/mol. The number of hydrogen-bond acceptors (Lipinski definition) is 2. The zero-order valence-corrected chi connectivity index (χ0v) is 10.0. The van der Waals surface area contributed by atoms with Crippen molar-refractivity contribution < 1.29 is 0 Å². The minimum Gasteiger partial charge on any atom is -0.227 e. The second kappa shape index (κ2) is 3.67. The van der Waals surface area contributed by atoms with Crippen molar-refractivity contribution in [1.29, 1.82) is 0 Å². The van der Waals surface area contributed by atoms with Crippen LogP contribution < -0.4 is 0 Å². The minimum absolute atomic E-state index is 0.782. The summed E-state index contributed by atoms with van der Waals surface area (Å²) in [5, 5.41) is 0.782. The maximum absolute atomic E-state index is 5.38. The van der Waals surface area contributed by atoms with Crippen LogP contribution in [0.25, 0.3) is 10.2 Å². The highest BCUT2D eigenvalue weighted by molar-refractivity contribution is 7.19. The number of rotatable bonds is 1. The van der Waals surface area contributed by atoms with Crippen molar-refractivity contribution in [1.82, 2.24) is 4.98 Å². The summed E-state index contributed by atoms with van der Waals surface area (Å²) < 4.78 is 1.21. The van der Waals surface area contributed by atoms with Gasteiger partial charge < -0.3 is 0 Å². The molecule has 0 saturated heterocycles. The highest BCUT2D eigenvalue weighted by Gasteiger charge is 2.10. The molecule has 2 rings (SSSR count). The molecule has 0 atom stereocenters. The van der Waals surface area contributed by atoms with Crippen LogP contribution in [0.15, 0.2) is 6.07 Å². The number of aromatic nitrogens is 1. The van der Waals surface area contributed by atoms with Gasteiger partial charge in [0.15, 0.2) is 5.01 Å². The van der Waals surface area contributed by atoms with Gasteiger partial charge in [-0.25, -0.2) is 4.98 Å². The smallest absolute Gasteiger partial charge is 0.167 e. The standard InChI is InChI=1S/C13H13NS/c1-5-10-9(4)8(3)7-11-13(10)14-12(6-2)15-11/h2,7H,5H2,1,3-4H3. The Labute approximate surface area is 94.2 Å². The van der Waals surface area contributed by atoms with Crippen molar-refractivity contribution in [2.75, 3.05) is 0 Å². The Morgan fingerprint density at radius 3 is 2.80 bits per heavy atom. The first-order chi connectivity index (χ1) is 7.17. The number of terminal acetylenes is 1. The van der Waals surface area contributed by atoms with E-state index in [9.17, 15) is 0 Å². The summed E-state index contributed by atoms with van der Waals surface area (Å²) in [4.78, 5) is 4.49. The molecule has 0 radical (unpaired) electrons.